The van der Waals surface area contributed by atoms with Gasteiger partial charge in [0.2, 0.25) is 0 Å². The van der Waals surface area contributed by atoms with Crippen molar-refractivity contribution in [2.45, 2.75) is 77.5 Å². The van der Waals surface area contributed by atoms with Gasteiger partial charge in [0.05, 0.1) is 0 Å². The number of unbranched alkanes of at least 4 members (excludes halogenated alkanes) is 3. The summed E-state index contributed by atoms with van der Waals surface area (Å²) >= 11 is -2.57. The van der Waals surface area contributed by atoms with Gasteiger partial charge in [0.25, 0.3) is 0 Å². The first-order chi connectivity index (χ1) is 11.8. The zero-order valence-electron chi connectivity index (χ0n) is 16.8. The molecule has 1 rings (SSSR count). The Morgan fingerprint density at radius 2 is 1.36 bits per heavy atom. The summed E-state index contributed by atoms with van der Waals surface area (Å²) in [4.78, 5) is 0.473. The molecule has 144 valence electrons. The first-order valence-electron chi connectivity index (χ1n) is 9.87. The summed E-state index contributed by atoms with van der Waals surface area (Å²) in [5.41, 5.74) is 0. The standard InChI is InChI=1S/C8H10NO2S.3C4H9.Sn/c1-9(2)12(10,11)8-6-4-3-5-7-8;3*1-3-4-2;/h3-4,6-7H,1-2H3;3*1,3-4H2,2H3;. The first-order valence-corrected chi connectivity index (χ1v) is 18.8. The van der Waals surface area contributed by atoms with Gasteiger partial charge in [-0.3, -0.25) is 0 Å². The van der Waals surface area contributed by atoms with E-state index in [0.29, 0.717) is 4.90 Å². The van der Waals surface area contributed by atoms with Crippen LogP contribution >= 0.6 is 0 Å². The Hall–Kier alpha value is -0.0713. The second-order valence-electron chi connectivity index (χ2n) is 7.41. The fourth-order valence-electron chi connectivity index (χ4n) is 3.55. The molecule has 0 unspecified atom stereocenters. The molecule has 3 nitrogen and oxygen atoms in total. The molecule has 1 aromatic carbocycles. The van der Waals surface area contributed by atoms with E-state index in [2.05, 4.69) is 26.8 Å². The van der Waals surface area contributed by atoms with Gasteiger partial charge in [-0.2, -0.15) is 0 Å². The Morgan fingerprint density at radius 3 is 1.76 bits per heavy atom. The third kappa shape index (κ3) is 6.24. The third-order valence-electron chi connectivity index (χ3n) is 5.25. The van der Waals surface area contributed by atoms with Crippen molar-refractivity contribution in [2.24, 2.45) is 0 Å². The fourth-order valence-corrected chi connectivity index (χ4v) is 20.8. The van der Waals surface area contributed by atoms with Gasteiger partial charge in [-0.1, -0.05) is 0 Å². The van der Waals surface area contributed by atoms with Gasteiger partial charge in [-0.25, -0.2) is 0 Å². The third-order valence-corrected chi connectivity index (χ3v) is 22.7. The van der Waals surface area contributed by atoms with Crippen LogP contribution in [0, 0.1) is 0 Å². The van der Waals surface area contributed by atoms with Gasteiger partial charge >= 0.3 is 161 Å². The quantitative estimate of drug-likeness (QED) is 0.401. The van der Waals surface area contributed by atoms with Gasteiger partial charge in [0.1, 0.15) is 0 Å². The van der Waals surface area contributed by atoms with Crippen molar-refractivity contribution < 1.29 is 8.42 Å². The number of nitrogens with zero attached hydrogens (tertiary/aromatic N) is 1. The number of hydrogen-bond donors (Lipinski definition) is 0. The van der Waals surface area contributed by atoms with Gasteiger partial charge in [0.15, 0.2) is 0 Å². The van der Waals surface area contributed by atoms with Crippen LogP contribution in [-0.2, 0) is 10.0 Å². The maximum absolute atomic E-state index is 12.6. The summed E-state index contributed by atoms with van der Waals surface area (Å²) in [7, 11) is -0.125. The number of rotatable bonds is 12. The molecule has 0 spiro atoms. The maximum atomic E-state index is 12.6. The van der Waals surface area contributed by atoms with Crippen molar-refractivity contribution in [1.29, 1.82) is 0 Å². The van der Waals surface area contributed by atoms with Crippen LogP contribution in [0.5, 0.6) is 0 Å². The molecule has 0 aliphatic carbocycles. The Morgan fingerprint density at radius 1 is 0.880 bits per heavy atom. The van der Waals surface area contributed by atoms with E-state index in [0.717, 1.165) is 0 Å². The number of benzene rings is 1. The Bertz CT molecular complexity index is 592. The van der Waals surface area contributed by atoms with Gasteiger partial charge in [0, 0.05) is 0 Å². The Kier molecular flexibility index (Phi) is 10.0. The van der Waals surface area contributed by atoms with Gasteiger partial charge < -0.3 is 0 Å². The summed E-state index contributed by atoms with van der Waals surface area (Å²) in [5.74, 6) is 0. The van der Waals surface area contributed by atoms with Crippen molar-refractivity contribution in [3.05, 3.63) is 24.3 Å². The SMILES string of the molecule is CCC[CH2][Sn]([CH2]CCC)([CH2]CCC)[c]1cccc(S(=O)(=O)N(C)C)c1. The minimum absolute atomic E-state index is 0.473. The molecule has 0 amide bonds. The van der Waals surface area contributed by atoms with Crippen LogP contribution in [0.4, 0.5) is 0 Å². The van der Waals surface area contributed by atoms with Crippen LogP contribution in [0.2, 0.25) is 13.3 Å². The van der Waals surface area contributed by atoms with Crippen LogP contribution in [-0.4, -0.2) is 45.2 Å². The van der Waals surface area contributed by atoms with E-state index in [4.69, 9.17) is 0 Å². The molecule has 0 saturated carbocycles. The molecule has 25 heavy (non-hydrogen) atoms. The topological polar surface area (TPSA) is 37.4 Å². The zero-order valence-corrected chi connectivity index (χ0v) is 20.5. The molecule has 0 fully saturated rings. The predicted molar refractivity (Wildman–Crippen MR) is 112 cm³/mol. The Balaban J connectivity index is 3.36. The van der Waals surface area contributed by atoms with E-state index in [1.807, 2.05) is 12.1 Å². The van der Waals surface area contributed by atoms with Crippen molar-refractivity contribution in [3.8, 4) is 0 Å². The molecule has 0 aromatic heterocycles. The molecule has 0 saturated heterocycles. The molecule has 5 heteroatoms. The predicted octanol–water partition coefficient (Wildman–Crippen LogP) is 4.99. The molecule has 0 atom stereocenters. The molecule has 0 radical (unpaired) electrons. The van der Waals surface area contributed by atoms with Crippen LogP contribution in [0.25, 0.3) is 0 Å². The number of sulfonamides is 1. The molecule has 0 aliphatic rings. The van der Waals surface area contributed by atoms with E-state index in [9.17, 15) is 8.42 Å². The average molecular weight is 474 g/mol. The molecule has 0 N–H and O–H groups in total. The van der Waals surface area contributed by atoms with E-state index in [-0.39, 0.29) is 0 Å². The monoisotopic (exact) mass is 475 g/mol. The van der Waals surface area contributed by atoms with Crippen molar-refractivity contribution in [2.75, 3.05) is 14.1 Å². The zero-order chi connectivity index (χ0) is 18.9. The normalized spacial score (nSPS) is 12.7. The fraction of sp³-hybridized carbons (Fsp3) is 0.700. The first kappa shape index (κ1) is 23.0. The molecule has 0 bridgehead atoms. The minimum atomic E-state index is -3.35. The molecule has 1 aromatic rings. The van der Waals surface area contributed by atoms with E-state index < -0.39 is 28.4 Å². The van der Waals surface area contributed by atoms with Crippen molar-refractivity contribution in [3.63, 3.8) is 0 Å². The molecular weight excluding hydrogens is 437 g/mol. The van der Waals surface area contributed by atoms with E-state index >= 15 is 0 Å². The van der Waals surface area contributed by atoms with Gasteiger partial charge in [-0.15, -0.1) is 0 Å². The van der Waals surface area contributed by atoms with E-state index in [1.165, 1.54) is 59.7 Å². The Labute approximate surface area is 160 Å². The molecule has 0 aliphatic heterocycles. The summed E-state index contributed by atoms with van der Waals surface area (Å²) in [5, 5.41) is 0. The summed E-state index contributed by atoms with van der Waals surface area (Å²) in [6, 6.07) is 8.01. The number of hydrogen-bond acceptors (Lipinski definition) is 2. The average Bonchev–Trinajstić information content (AvgIpc) is 2.61. The van der Waals surface area contributed by atoms with Crippen LogP contribution < -0.4 is 3.58 Å². The molecule has 0 heterocycles. The summed E-state index contributed by atoms with van der Waals surface area (Å²) in [6.45, 7) is 6.80. The second-order valence-corrected chi connectivity index (χ2v) is 22.8. The molecular formula is C20H37NO2SSn. The van der Waals surface area contributed by atoms with E-state index in [1.54, 1.807) is 20.2 Å². The van der Waals surface area contributed by atoms with Crippen molar-refractivity contribution in [1.82, 2.24) is 4.31 Å². The van der Waals surface area contributed by atoms with Crippen LogP contribution in [0.3, 0.4) is 0 Å². The summed E-state index contributed by atoms with van der Waals surface area (Å²) < 4.78 is 32.0. The van der Waals surface area contributed by atoms with Crippen LogP contribution in [0.1, 0.15) is 59.3 Å². The summed E-state index contributed by atoms with van der Waals surface area (Å²) in [6.07, 6.45) is 7.54. The van der Waals surface area contributed by atoms with Crippen LogP contribution in [0.15, 0.2) is 29.2 Å². The second kappa shape index (κ2) is 10.9. The van der Waals surface area contributed by atoms with Gasteiger partial charge in [-0.05, 0) is 0 Å². The van der Waals surface area contributed by atoms with Crippen molar-refractivity contribution >= 4 is 32.0 Å².